The molecule has 0 bridgehead atoms. The summed E-state index contributed by atoms with van der Waals surface area (Å²) < 4.78 is 2.55. The fraction of sp³-hybridized carbons (Fsp3) is 0.278. The summed E-state index contributed by atoms with van der Waals surface area (Å²) in [5.41, 5.74) is 4.15. The number of hydrogen-bond donors (Lipinski definition) is 0. The maximum Gasteiger partial charge on any atom is 0.284 e. The van der Waals surface area contributed by atoms with Crippen LogP contribution in [-0.4, -0.2) is 44.8 Å². The Morgan fingerprint density at radius 3 is 1.33 bits per heavy atom. The summed E-state index contributed by atoms with van der Waals surface area (Å²) in [7, 11) is 0. The fourth-order valence-corrected chi connectivity index (χ4v) is 15.5. The number of nitriles is 4. The number of nitrogens with zero attached hydrogens (tertiary/aromatic N) is 8. The number of carbonyl (C=O) groups is 2. The predicted molar refractivity (Wildman–Crippen MR) is 211 cm³/mol. The van der Waals surface area contributed by atoms with Gasteiger partial charge in [-0.2, -0.15) is 21.0 Å². The molecular weight excluding hydrogens is 769 g/mol. The fourth-order valence-electron chi connectivity index (χ4n) is 7.12. The average molecular weight is 793 g/mol. The van der Waals surface area contributed by atoms with Gasteiger partial charge in [0.15, 0.2) is 21.2 Å². The summed E-state index contributed by atoms with van der Waals surface area (Å²) in [5.74, 6) is -0.610. The number of fused-ring (bicyclic) bond motifs is 9. The lowest BCUT2D eigenvalue weighted by molar-refractivity contribution is -0.121. The van der Waals surface area contributed by atoms with Crippen molar-refractivity contribution in [2.45, 2.75) is 52.4 Å². The summed E-state index contributed by atoms with van der Waals surface area (Å²) in [6.07, 6.45) is 0. The SMILES string of the molecule is CCN1C(=O)C(=Nc2cc3c(s2)-c2sc4c5c(sc4c2C3(C)C)-c2sc(N=C3SC(=C(C#N)C#N)N(CC)C3=O)cc2C5(C)C)SC1=C(C#N)C#N. The monoisotopic (exact) mass is 792 g/mol. The molecule has 10 nitrogen and oxygen atoms in total. The van der Waals surface area contributed by atoms with Crippen molar-refractivity contribution in [2.75, 3.05) is 13.1 Å². The van der Waals surface area contributed by atoms with Crippen LogP contribution in [0.3, 0.4) is 0 Å². The highest BCUT2D eigenvalue weighted by Gasteiger charge is 2.47. The molecule has 256 valence electrons. The van der Waals surface area contributed by atoms with Gasteiger partial charge in [0.2, 0.25) is 0 Å². The summed E-state index contributed by atoms with van der Waals surface area (Å²) in [6.45, 7) is 13.2. The molecular formula is C36H24N8O2S6. The molecule has 16 heteroatoms. The molecule has 2 aliphatic carbocycles. The van der Waals surface area contributed by atoms with Gasteiger partial charge >= 0.3 is 0 Å². The zero-order valence-electron chi connectivity index (χ0n) is 28.4. The predicted octanol–water partition coefficient (Wildman–Crippen LogP) is 9.47. The third-order valence-electron chi connectivity index (χ3n) is 9.63. The third-order valence-corrected chi connectivity index (χ3v) is 16.7. The number of allylic oxidation sites excluding steroid dienone is 2. The first-order valence-corrected chi connectivity index (χ1v) is 20.9. The van der Waals surface area contributed by atoms with E-state index in [0.717, 1.165) is 33.3 Å². The van der Waals surface area contributed by atoms with E-state index in [0.29, 0.717) is 33.1 Å². The number of rotatable bonds is 4. The Balaban J connectivity index is 1.17. The van der Waals surface area contributed by atoms with E-state index in [1.807, 2.05) is 47.0 Å². The van der Waals surface area contributed by atoms with Crippen LogP contribution >= 0.6 is 68.9 Å². The van der Waals surface area contributed by atoms with Crippen LogP contribution in [0, 0.1) is 45.3 Å². The summed E-state index contributed by atoms with van der Waals surface area (Å²) >= 11 is 8.90. The molecule has 0 saturated carbocycles. The molecule has 0 atom stereocenters. The van der Waals surface area contributed by atoms with Crippen LogP contribution in [0.5, 0.6) is 0 Å². The topological polar surface area (TPSA) is 160 Å². The Labute approximate surface area is 323 Å². The molecule has 6 heterocycles. The van der Waals surface area contributed by atoms with E-state index in [9.17, 15) is 30.6 Å². The Morgan fingerprint density at radius 2 is 1.00 bits per heavy atom. The van der Waals surface area contributed by atoms with Crippen molar-refractivity contribution < 1.29 is 9.59 Å². The van der Waals surface area contributed by atoms with E-state index >= 15 is 0 Å². The molecule has 4 aliphatic rings. The molecule has 0 unspecified atom stereocenters. The molecule has 8 rings (SSSR count). The standard InChI is InChI=1S/C36H24N8O2S6/c1-7-43-31(45)29(51-33(43)15(11-37)12-38)41-19-9-17-23(47-19)25-21(35(17,3)4)27-28(49-25)22-26(50-27)24-18(36(22,5)6)10-20(48-24)42-30-32(46)44(8-2)34(52-30)16(13-39)14-40/h9-10H,7-8H2,1-6H3. The van der Waals surface area contributed by atoms with Crippen molar-refractivity contribution in [3.8, 4) is 43.8 Å². The molecule has 0 N–H and O–H groups in total. The smallest absolute Gasteiger partial charge is 0.284 e. The van der Waals surface area contributed by atoms with E-state index < -0.39 is 0 Å². The van der Waals surface area contributed by atoms with Gasteiger partial charge < -0.3 is 0 Å². The highest BCUT2D eigenvalue weighted by atomic mass is 32.2. The molecule has 52 heavy (non-hydrogen) atoms. The highest BCUT2D eigenvalue weighted by molar-refractivity contribution is 8.20. The maximum atomic E-state index is 13.2. The van der Waals surface area contributed by atoms with Crippen molar-refractivity contribution >= 4 is 110 Å². The number of hydrogen-bond acceptors (Lipinski definition) is 14. The molecule has 4 aromatic heterocycles. The number of carbonyl (C=O) groups excluding carboxylic acids is 2. The van der Waals surface area contributed by atoms with Crippen LogP contribution in [0.1, 0.15) is 63.8 Å². The molecule has 0 spiro atoms. The van der Waals surface area contributed by atoms with Crippen LogP contribution < -0.4 is 0 Å². The largest absolute Gasteiger partial charge is 0.299 e. The molecule has 4 aromatic rings. The van der Waals surface area contributed by atoms with Crippen LogP contribution in [0.25, 0.3) is 28.9 Å². The Kier molecular flexibility index (Phi) is 7.98. The highest BCUT2D eigenvalue weighted by Crippen LogP contribution is 2.66. The second kappa shape index (κ2) is 12.0. The van der Waals surface area contributed by atoms with E-state index in [-0.39, 0.29) is 43.9 Å². The first-order valence-electron chi connectivity index (χ1n) is 16.0. The van der Waals surface area contributed by atoms with Crippen molar-refractivity contribution in [1.29, 1.82) is 21.0 Å². The van der Waals surface area contributed by atoms with Gasteiger partial charge in [0.25, 0.3) is 11.8 Å². The molecule has 2 amide bonds. The first kappa shape index (κ1) is 34.6. The second-order valence-electron chi connectivity index (χ2n) is 13.1. The lowest BCUT2D eigenvalue weighted by Gasteiger charge is -2.20. The van der Waals surface area contributed by atoms with E-state index in [4.69, 9.17) is 9.98 Å². The minimum absolute atomic E-state index is 0.0952. The normalized spacial score (nSPS) is 19.2. The Hall–Kier alpha value is -4.52. The van der Waals surface area contributed by atoms with E-state index in [1.54, 1.807) is 36.5 Å². The van der Waals surface area contributed by atoms with Crippen LogP contribution in [0.4, 0.5) is 10.0 Å². The Bertz CT molecular complexity index is 2450. The zero-order valence-corrected chi connectivity index (χ0v) is 33.3. The molecule has 2 fully saturated rings. The van der Waals surface area contributed by atoms with Gasteiger partial charge in [0.1, 0.15) is 44.3 Å². The molecule has 2 aliphatic heterocycles. The van der Waals surface area contributed by atoms with Crippen molar-refractivity contribution in [1.82, 2.24) is 9.80 Å². The van der Waals surface area contributed by atoms with Gasteiger partial charge in [0.05, 0.1) is 28.9 Å². The minimum atomic E-state index is -0.305. The summed E-state index contributed by atoms with van der Waals surface area (Å²) in [4.78, 5) is 43.6. The minimum Gasteiger partial charge on any atom is -0.299 e. The van der Waals surface area contributed by atoms with Crippen molar-refractivity contribution in [3.63, 3.8) is 0 Å². The van der Waals surface area contributed by atoms with Gasteiger partial charge in [-0.05, 0) is 71.8 Å². The first-order chi connectivity index (χ1) is 24.8. The second-order valence-corrected chi connectivity index (χ2v) is 19.2. The van der Waals surface area contributed by atoms with Gasteiger partial charge in [-0.1, -0.05) is 27.7 Å². The number of thioether (sulfide) groups is 2. The van der Waals surface area contributed by atoms with Crippen LogP contribution in [-0.2, 0) is 20.4 Å². The van der Waals surface area contributed by atoms with Crippen molar-refractivity contribution in [2.24, 2.45) is 9.98 Å². The average Bonchev–Trinajstić information content (AvgIpc) is 3.97. The van der Waals surface area contributed by atoms with Crippen LogP contribution in [0.2, 0.25) is 0 Å². The van der Waals surface area contributed by atoms with Gasteiger partial charge in [0, 0.05) is 23.9 Å². The number of thiophene rings is 4. The Morgan fingerprint density at radius 1 is 0.635 bits per heavy atom. The lowest BCUT2D eigenvalue weighted by Crippen LogP contribution is -2.26. The number of amides is 2. The quantitative estimate of drug-likeness (QED) is 0.185. The zero-order chi connectivity index (χ0) is 37.0. The summed E-state index contributed by atoms with van der Waals surface area (Å²) in [5, 5.41) is 40.3. The number of aliphatic imine (C=N–C) groups is 2. The lowest BCUT2D eigenvalue weighted by atomic mass is 9.82. The van der Waals surface area contributed by atoms with Gasteiger partial charge in [-0.3, -0.25) is 19.4 Å². The third kappa shape index (κ3) is 4.63. The maximum absolute atomic E-state index is 13.2. The van der Waals surface area contributed by atoms with Gasteiger partial charge in [-0.25, -0.2) is 9.98 Å². The van der Waals surface area contributed by atoms with E-state index in [2.05, 4.69) is 39.8 Å². The molecule has 2 saturated heterocycles. The van der Waals surface area contributed by atoms with E-state index in [1.165, 1.54) is 51.2 Å². The summed E-state index contributed by atoms with van der Waals surface area (Å²) in [6, 6.07) is 11.7. The molecule has 0 radical (unpaired) electrons. The van der Waals surface area contributed by atoms with Gasteiger partial charge in [-0.15, -0.1) is 45.3 Å². The van der Waals surface area contributed by atoms with Crippen molar-refractivity contribution in [3.05, 3.63) is 55.6 Å². The van der Waals surface area contributed by atoms with Crippen LogP contribution in [0.15, 0.2) is 43.3 Å². The molecule has 0 aromatic carbocycles.